The maximum absolute atomic E-state index is 12.4. The minimum atomic E-state index is -0.496. The molecule has 0 aromatic heterocycles. The van der Waals surface area contributed by atoms with Crippen molar-refractivity contribution in [1.29, 1.82) is 0 Å². The minimum absolute atomic E-state index is 0.0427. The lowest BCUT2D eigenvalue weighted by atomic mass is 9.80. The average Bonchev–Trinajstić information content (AvgIpc) is 3.21. The SMILES string of the molecule is CC(=O)Oc1ccc(C(=O)COC(=O)[C@H]2[C@@H]3C[C@H]4[C@@H]2C(=O)O[C@@H]4C3)cc1. The first-order chi connectivity index (χ1) is 12.4. The second-order valence-corrected chi connectivity index (χ2v) is 7.07. The van der Waals surface area contributed by atoms with Gasteiger partial charge in [0.1, 0.15) is 11.9 Å². The van der Waals surface area contributed by atoms with Crippen LogP contribution in [0.2, 0.25) is 0 Å². The molecular formula is C19H18O7. The third-order valence-electron chi connectivity index (χ3n) is 5.54. The normalized spacial score (nSPS) is 30.8. The highest BCUT2D eigenvalue weighted by Crippen LogP contribution is 2.57. The molecule has 2 bridgehead atoms. The molecule has 2 saturated carbocycles. The van der Waals surface area contributed by atoms with Crippen molar-refractivity contribution in [2.45, 2.75) is 25.9 Å². The Balaban J connectivity index is 1.35. The molecule has 0 N–H and O–H groups in total. The van der Waals surface area contributed by atoms with Crippen molar-refractivity contribution in [3.05, 3.63) is 29.8 Å². The fourth-order valence-corrected chi connectivity index (χ4v) is 4.52. The van der Waals surface area contributed by atoms with E-state index in [1.165, 1.54) is 31.2 Å². The zero-order valence-electron chi connectivity index (χ0n) is 14.2. The molecule has 0 radical (unpaired) electrons. The molecule has 0 unspecified atom stereocenters. The van der Waals surface area contributed by atoms with Crippen LogP contribution < -0.4 is 4.74 Å². The highest BCUT2D eigenvalue weighted by Gasteiger charge is 2.64. The Morgan fingerprint density at radius 2 is 1.88 bits per heavy atom. The Labute approximate surface area is 149 Å². The number of Topliss-reactive ketones (excluding diaryl/α,β-unsaturated/α-hetero) is 1. The van der Waals surface area contributed by atoms with Crippen molar-refractivity contribution in [2.24, 2.45) is 23.7 Å². The summed E-state index contributed by atoms with van der Waals surface area (Å²) in [4.78, 5) is 47.5. The number of rotatable bonds is 5. The molecule has 1 heterocycles. The highest BCUT2D eigenvalue weighted by molar-refractivity contribution is 5.98. The van der Waals surface area contributed by atoms with E-state index in [-0.39, 0.29) is 36.3 Å². The topological polar surface area (TPSA) is 96.0 Å². The van der Waals surface area contributed by atoms with Crippen LogP contribution in [0.5, 0.6) is 5.75 Å². The van der Waals surface area contributed by atoms with Crippen LogP contribution >= 0.6 is 0 Å². The first-order valence-corrected chi connectivity index (χ1v) is 8.63. The van der Waals surface area contributed by atoms with Gasteiger partial charge in [-0.2, -0.15) is 0 Å². The van der Waals surface area contributed by atoms with Crippen LogP contribution in [0.1, 0.15) is 30.1 Å². The Hall–Kier alpha value is -2.70. The Bertz CT molecular complexity index is 780. The lowest BCUT2D eigenvalue weighted by Crippen LogP contribution is -2.34. The van der Waals surface area contributed by atoms with E-state index < -0.39 is 23.8 Å². The average molecular weight is 358 g/mol. The number of fused-ring (bicyclic) bond motifs is 1. The fourth-order valence-electron chi connectivity index (χ4n) is 4.52. The van der Waals surface area contributed by atoms with Gasteiger partial charge in [-0.25, -0.2) is 0 Å². The van der Waals surface area contributed by atoms with E-state index in [1.807, 2.05) is 0 Å². The zero-order valence-corrected chi connectivity index (χ0v) is 14.2. The second-order valence-electron chi connectivity index (χ2n) is 7.07. The molecule has 1 saturated heterocycles. The van der Waals surface area contributed by atoms with Gasteiger partial charge in [-0.3, -0.25) is 19.2 Å². The molecule has 2 aliphatic carbocycles. The summed E-state index contributed by atoms with van der Waals surface area (Å²) in [7, 11) is 0. The number of hydrogen-bond donors (Lipinski definition) is 0. The molecule has 7 nitrogen and oxygen atoms in total. The highest BCUT2D eigenvalue weighted by atomic mass is 16.6. The summed E-state index contributed by atoms with van der Waals surface area (Å²) in [5, 5.41) is 0. The standard InChI is InChI=1S/C19H18O7/c1-9(20)25-12-4-2-10(3-5-12)14(21)8-24-18(22)16-11-6-13-15(7-11)26-19(23)17(13)16/h2-5,11,13,15-17H,6-8H2,1H3/t11-,13-,15-,16+,17+/m1/s1. The smallest absolute Gasteiger partial charge is 0.310 e. The summed E-state index contributed by atoms with van der Waals surface area (Å²) in [5.41, 5.74) is 0.349. The summed E-state index contributed by atoms with van der Waals surface area (Å²) in [6.45, 7) is 0.904. The van der Waals surface area contributed by atoms with Gasteiger partial charge in [0, 0.05) is 18.4 Å². The number of esters is 3. The van der Waals surface area contributed by atoms with E-state index >= 15 is 0 Å². The van der Waals surface area contributed by atoms with Crippen LogP contribution in [-0.4, -0.2) is 36.4 Å². The molecule has 136 valence electrons. The quantitative estimate of drug-likeness (QED) is 0.447. The van der Waals surface area contributed by atoms with E-state index in [1.54, 1.807) is 0 Å². The van der Waals surface area contributed by atoms with Crippen LogP contribution in [-0.2, 0) is 23.9 Å². The second kappa shape index (κ2) is 6.23. The predicted molar refractivity (Wildman–Crippen MR) is 86.1 cm³/mol. The van der Waals surface area contributed by atoms with Crippen LogP contribution in [0.25, 0.3) is 0 Å². The van der Waals surface area contributed by atoms with Crippen molar-refractivity contribution in [2.75, 3.05) is 6.61 Å². The van der Waals surface area contributed by atoms with Gasteiger partial charge in [0.15, 0.2) is 12.4 Å². The van der Waals surface area contributed by atoms with E-state index in [0.717, 1.165) is 6.42 Å². The number of carbonyl (C=O) groups excluding carboxylic acids is 4. The molecule has 26 heavy (non-hydrogen) atoms. The number of carbonyl (C=O) groups is 4. The third kappa shape index (κ3) is 2.77. The van der Waals surface area contributed by atoms with Crippen LogP contribution in [0, 0.1) is 23.7 Å². The Kier molecular flexibility index (Phi) is 4.01. The zero-order chi connectivity index (χ0) is 18.4. The van der Waals surface area contributed by atoms with Crippen LogP contribution in [0.3, 0.4) is 0 Å². The van der Waals surface area contributed by atoms with Gasteiger partial charge in [-0.05, 0) is 43.0 Å². The largest absolute Gasteiger partial charge is 0.462 e. The summed E-state index contributed by atoms with van der Waals surface area (Å²) in [5.74, 6) is -1.96. The third-order valence-corrected chi connectivity index (χ3v) is 5.54. The molecule has 3 fully saturated rings. The molecule has 1 aromatic carbocycles. The molecule has 0 spiro atoms. The Morgan fingerprint density at radius 1 is 1.15 bits per heavy atom. The maximum Gasteiger partial charge on any atom is 0.310 e. The summed E-state index contributed by atoms with van der Waals surface area (Å²) in [6, 6.07) is 6.01. The molecule has 3 aliphatic rings. The number of hydrogen-bond acceptors (Lipinski definition) is 7. The summed E-state index contributed by atoms with van der Waals surface area (Å²) in [6.07, 6.45) is 1.48. The van der Waals surface area contributed by atoms with Gasteiger partial charge in [-0.15, -0.1) is 0 Å². The van der Waals surface area contributed by atoms with Crippen molar-refractivity contribution in [3.8, 4) is 5.75 Å². The van der Waals surface area contributed by atoms with Gasteiger partial charge in [-0.1, -0.05) is 0 Å². The number of ether oxygens (including phenoxy) is 3. The van der Waals surface area contributed by atoms with E-state index in [9.17, 15) is 19.2 Å². The van der Waals surface area contributed by atoms with Crippen molar-refractivity contribution >= 4 is 23.7 Å². The maximum atomic E-state index is 12.4. The van der Waals surface area contributed by atoms with E-state index in [2.05, 4.69) is 0 Å². The van der Waals surface area contributed by atoms with Crippen molar-refractivity contribution in [3.63, 3.8) is 0 Å². The van der Waals surface area contributed by atoms with Gasteiger partial charge < -0.3 is 14.2 Å². The summed E-state index contributed by atoms with van der Waals surface area (Å²) < 4.78 is 15.4. The van der Waals surface area contributed by atoms with Gasteiger partial charge in [0.25, 0.3) is 0 Å². The molecule has 7 heteroatoms. The van der Waals surface area contributed by atoms with Crippen LogP contribution in [0.4, 0.5) is 0 Å². The van der Waals surface area contributed by atoms with E-state index in [0.29, 0.717) is 17.7 Å². The lowest BCUT2D eigenvalue weighted by molar-refractivity contribution is -0.154. The minimum Gasteiger partial charge on any atom is -0.462 e. The predicted octanol–water partition coefficient (Wildman–Crippen LogP) is 1.54. The van der Waals surface area contributed by atoms with E-state index in [4.69, 9.17) is 14.2 Å². The van der Waals surface area contributed by atoms with Crippen LogP contribution in [0.15, 0.2) is 24.3 Å². The molecule has 0 amide bonds. The molecule has 1 aromatic rings. The number of benzene rings is 1. The first kappa shape index (κ1) is 16.8. The Morgan fingerprint density at radius 3 is 2.58 bits per heavy atom. The first-order valence-electron chi connectivity index (χ1n) is 8.63. The summed E-state index contributed by atoms with van der Waals surface area (Å²) >= 11 is 0. The van der Waals surface area contributed by atoms with Gasteiger partial charge in [0.2, 0.25) is 0 Å². The molecular weight excluding hydrogens is 340 g/mol. The van der Waals surface area contributed by atoms with Crippen molar-refractivity contribution < 1.29 is 33.4 Å². The van der Waals surface area contributed by atoms with Crippen molar-refractivity contribution in [1.82, 2.24) is 0 Å². The molecule has 4 rings (SSSR count). The molecule has 5 atom stereocenters. The number of ketones is 1. The van der Waals surface area contributed by atoms with Gasteiger partial charge >= 0.3 is 17.9 Å². The fraction of sp³-hybridized carbons (Fsp3) is 0.474. The monoisotopic (exact) mass is 358 g/mol. The van der Waals surface area contributed by atoms with Gasteiger partial charge in [0.05, 0.1) is 11.8 Å². The molecule has 1 aliphatic heterocycles. The lowest BCUT2D eigenvalue weighted by Gasteiger charge is -2.22.